The first kappa shape index (κ1) is 26.5. The van der Waals surface area contributed by atoms with Crippen LogP contribution in [0, 0.1) is 5.92 Å². The summed E-state index contributed by atoms with van der Waals surface area (Å²) >= 11 is 0. The Morgan fingerprint density at radius 1 is 1.16 bits per heavy atom. The minimum atomic E-state index is -4.20. The lowest BCUT2D eigenvalue weighted by Crippen LogP contribution is -2.54. The van der Waals surface area contributed by atoms with E-state index in [0.717, 1.165) is 38.5 Å². The van der Waals surface area contributed by atoms with Crippen LogP contribution < -0.4 is 15.8 Å². The van der Waals surface area contributed by atoms with Crippen molar-refractivity contribution in [2.24, 2.45) is 11.7 Å². The molecule has 32 heavy (non-hydrogen) atoms. The normalized spacial score (nSPS) is 23.1. The van der Waals surface area contributed by atoms with Crippen molar-refractivity contribution in [1.82, 2.24) is 14.9 Å². The van der Waals surface area contributed by atoms with E-state index in [1.165, 1.54) is 11.3 Å². The zero-order valence-electron chi connectivity index (χ0n) is 18.9. The van der Waals surface area contributed by atoms with Crippen molar-refractivity contribution < 1.29 is 27.9 Å². The number of hydrogen-bond acceptors (Lipinski definition) is 6. The number of likely N-dealkylation sites (tertiary alicyclic amines) is 1. The highest BCUT2D eigenvalue weighted by Gasteiger charge is 2.41. The van der Waals surface area contributed by atoms with Gasteiger partial charge in [0.05, 0.1) is 0 Å². The maximum atomic E-state index is 13.3. The number of amides is 2. The topological polar surface area (TPSA) is 159 Å². The summed E-state index contributed by atoms with van der Waals surface area (Å²) in [5.74, 6) is -2.97. The fourth-order valence-electron chi connectivity index (χ4n) is 4.57. The summed E-state index contributed by atoms with van der Waals surface area (Å²) in [4.78, 5) is 38.4. The molecule has 11 heteroatoms. The van der Waals surface area contributed by atoms with Gasteiger partial charge in [-0.25, -0.2) is 13.1 Å². The second kappa shape index (κ2) is 12.5. The fourth-order valence-corrected chi connectivity index (χ4v) is 5.63. The Morgan fingerprint density at radius 2 is 1.84 bits per heavy atom. The molecule has 2 aliphatic rings. The summed E-state index contributed by atoms with van der Waals surface area (Å²) in [7, 11) is -4.20. The Morgan fingerprint density at radius 3 is 2.47 bits per heavy atom. The Bertz CT molecular complexity index is 753. The van der Waals surface area contributed by atoms with E-state index >= 15 is 0 Å². The Labute approximate surface area is 190 Å². The lowest BCUT2D eigenvalue weighted by molar-refractivity contribution is -0.140. The molecule has 2 fully saturated rings. The highest BCUT2D eigenvalue weighted by molar-refractivity contribution is 7.90. The van der Waals surface area contributed by atoms with Crippen LogP contribution in [0.4, 0.5) is 0 Å². The minimum Gasteiger partial charge on any atom is -0.480 e. The first-order valence-electron chi connectivity index (χ1n) is 11.7. The van der Waals surface area contributed by atoms with Crippen LogP contribution in [-0.4, -0.2) is 73.2 Å². The van der Waals surface area contributed by atoms with Crippen molar-refractivity contribution in [3.63, 3.8) is 0 Å². The van der Waals surface area contributed by atoms with Crippen molar-refractivity contribution in [3.05, 3.63) is 0 Å². The maximum Gasteiger partial charge on any atom is 0.320 e. The van der Waals surface area contributed by atoms with Crippen LogP contribution in [0.1, 0.15) is 71.1 Å². The van der Waals surface area contributed by atoms with Gasteiger partial charge in [0, 0.05) is 19.1 Å². The number of aliphatic carboxylic acids is 1. The predicted molar refractivity (Wildman–Crippen MR) is 120 cm³/mol. The van der Waals surface area contributed by atoms with Crippen LogP contribution in [0.5, 0.6) is 0 Å². The molecule has 0 unspecified atom stereocenters. The molecule has 184 valence electrons. The molecule has 0 aromatic carbocycles. The number of hydrogen-bond donors (Lipinski definition) is 4. The number of carbonyl (C=O) groups is 3. The van der Waals surface area contributed by atoms with Gasteiger partial charge in [0.25, 0.3) is 0 Å². The summed E-state index contributed by atoms with van der Waals surface area (Å²) in [5, 5.41) is 11.8. The molecule has 0 radical (unpaired) electrons. The van der Waals surface area contributed by atoms with Crippen LogP contribution in [0.3, 0.4) is 0 Å². The largest absolute Gasteiger partial charge is 0.480 e. The Hall–Kier alpha value is -1.72. The number of carboxylic acid groups (broad SMARTS) is 1. The van der Waals surface area contributed by atoms with Gasteiger partial charge >= 0.3 is 5.97 Å². The van der Waals surface area contributed by atoms with Crippen molar-refractivity contribution >= 4 is 27.8 Å². The van der Waals surface area contributed by atoms with E-state index < -0.39 is 39.7 Å². The van der Waals surface area contributed by atoms with Gasteiger partial charge in [0.1, 0.15) is 12.1 Å². The van der Waals surface area contributed by atoms with E-state index in [2.05, 4.69) is 10.0 Å². The van der Waals surface area contributed by atoms with E-state index in [-0.39, 0.29) is 24.9 Å². The molecule has 1 heterocycles. The van der Waals surface area contributed by atoms with Gasteiger partial charge in [-0.3, -0.25) is 14.4 Å². The molecule has 0 aromatic rings. The van der Waals surface area contributed by atoms with Crippen molar-refractivity contribution in [3.8, 4) is 0 Å². The van der Waals surface area contributed by atoms with Gasteiger partial charge in [0.2, 0.25) is 21.8 Å². The number of carboxylic acids is 1. The molecule has 0 bridgehead atoms. The molecule has 3 atom stereocenters. The van der Waals surface area contributed by atoms with Crippen molar-refractivity contribution in [1.29, 1.82) is 0 Å². The number of sulfonamides is 1. The molecule has 1 aliphatic heterocycles. The number of unbranched alkanes of at least 4 members (excludes halogenated alkanes) is 2. The summed E-state index contributed by atoms with van der Waals surface area (Å²) < 4.78 is 26.6. The number of rotatable bonds is 12. The predicted octanol–water partition coefficient (Wildman–Crippen LogP) is 0.564. The molecule has 0 spiro atoms. The summed E-state index contributed by atoms with van der Waals surface area (Å²) in [6.45, 7) is 2.71. The van der Waals surface area contributed by atoms with E-state index in [4.69, 9.17) is 10.8 Å². The number of nitrogens with one attached hydrogen (secondary N) is 2. The van der Waals surface area contributed by atoms with Gasteiger partial charge in [-0.2, -0.15) is 0 Å². The first-order valence-corrected chi connectivity index (χ1v) is 13.3. The van der Waals surface area contributed by atoms with Crippen LogP contribution in [0.25, 0.3) is 0 Å². The highest BCUT2D eigenvalue weighted by atomic mass is 32.2. The highest BCUT2D eigenvalue weighted by Crippen LogP contribution is 2.24. The number of nitrogens with zero attached hydrogens (tertiary/aromatic N) is 1. The van der Waals surface area contributed by atoms with Gasteiger partial charge in [-0.15, -0.1) is 0 Å². The SMILES string of the molecule is CCCCC[C@@H](NS(=O)(=O)CC(=O)O)C(=O)N1C[C@H](N)C[C@H]1C(=O)NCC1CCCCC1. The molecule has 1 aliphatic carbocycles. The molecule has 5 N–H and O–H groups in total. The quantitative estimate of drug-likeness (QED) is 0.301. The Balaban J connectivity index is 2.08. The standard InChI is InChI=1S/C21H38N4O6S/c1-2-3-5-10-17(24-32(30,31)14-19(26)27)21(29)25-13-16(22)11-18(25)20(28)23-12-15-8-6-4-7-9-15/h15-18,24H,2-14,22H2,1H3,(H,23,28)(H,26,27)/t16-,17-,18+/m1/s1. The summed E-state index contributed by atoms with van der Waals surface area (Å²) in [6, 6.07) is -2.25. The average Bonchev–Trinajstić information content (AvgIpc) is 3.12. The van der Waals surface area contributed by atoms with Gasteiger partial charge < -0.3 is 21.1 Å². The van der Waals surface area contributed by atoms with Crippen molar-refractivity contribution in [2.45, 2.75) is 89.3 Å². The third-order valence-electron chi connectivity index (χ3n) is 6.24. The molecular weight excluding hydrogens is 436 g/mol. The molecule has 2 amide bonds. The van der Waals surface area contributed by atoms with Gasteiger partial charge in [-0.05, 0) is 31.6 Å². The second-order valence-electron chi connectivity index (χ2n) is 9.07. The van der Waals surface area contributed by atoms with E-state index in [1.807, 2.05) is 6.92 Å². The molecule has 1 saturated heterocycles. The lowest BCUT2D eigenvalue weighted by atomic mass is 9.89. The molecule has 10 nitrogen and oxygen atoms in total. The number of nitrogens with two attached hydrogens (primary N) is 1. The molecule has 0 aromatic heterocycles. The van der Waals surface area contributed by atoms with Crippen LogP contribution in [0.15, 0.2) is 0 Å². The number of carbonyl (C=O) groups excluding carboxylic acids is 2. The van der Waals surface area contributed by atoms with E-state index in [0.29, 0.717) is 25.3 Å². The lowest BCUT2D eigenvalue weighted by Gasteiger charge is -2.29. The molecular formula is C21H38N4O6S. The van der Waals surface area contributed by atoms with Gasteiger partial charge in [-0.1, -0.05) is 45.4 Å². The second-order valence-corrected chi connectivity index (χ2v) is 10.8. The summed E-state index contributed by atoms with van der Waals surface area (Å²) in [6.07, 6.45) is 8.53. The molecule has 2 rings (SSSR count). The van der Waals surface area contributed by atoms with Gasteiger partial charge in [0.15, 0.2) is 5.75 Å². The van der Waals surface area contributed by atoms with E-state index in [9.17, 15) is 22.8 Å². The maximum absolute atomic E-state index is 13.3. The zero-order valence-corrected chi connectivity index (χ0v) is 19.7. The molecule has 1 saturated carbocycles. The van der Waals surface area contributed by atoms with Crippen molar-refractivity contribution in [2.75, 3.05) is 18.8 Å². The van der Waals surface area contributed by atoms with Crippen LogP contribution >= 0.6 is 0 Å². The summed E-state index contributed by atoms with van der Waals surface area (Å²) in [5.41, 5.74) is 6.05. The zero-order chi connectivity index (χ0) is 23.7. The Kier molecular flexibility index (Phi) is 10.4. The monoisotopic (exact) mass is 474 g/mol. The minimum absolute atomic E-state index is 0.158. The van der Waals surface area contributed by atoms with Crippen LogP contribution in [-0.2, 0) is 24.4 Å². The van der Waals surface area contributed by atoms with Crippen LogP contribution in [0.2, 0.25) is 0 Å². The smallest absolute Gasteiger partial charge is 0.320 e. The van der Waals surface area contributed by atoms with E-state index in [1.54, 1.807) is 0 Å². The first-order chi connectivity index (χ1) is 15.1. The fraction of sp³-hybridized carbons (Fsp3) is 0.857. The third kappa shape index (κ3) is 8.32. The third-order valence-corrected chi connectivity index (χ3v) is 7.51. The average molecular weight is 475 g/mol.